The van der Waals surface area contributed by atoms with Crippen LogP contribution in [0.3, 0.4) is 0 Å². The van der Waals surface area contributed by atoms with Crippen molar-refractivity contribution < 1.29 is 18.7 Å². The Balaban J connectivity index is 1.67. The van der Waals surface area contributed by atoms with E-state index in [-0.39, 0.29) is 24.3 Å². The van der Waals surface area contributed by atoms with E-state index < -0.39 is 18.1 Å². The van der Waals surface area contributed by atoms with Crippen LogP contribution in [0.4, 0.5) is 8.78 Å². The molecule has 4 aromatic rings. The molecule has 0 aliphatic heterocycles. The van der Waals surface area contributed by atoms with E-state index in [4.69, 9.17) is 0 Å². The molecule has 36 heavy (non-hydrogen) atoms. The number of hydrogen-bond acceptors (Lipinski definition) is 2. The van der Waals surface area contributed by atoms with E-state index >= 15 is 0 Å². The van der Waals surface area contributed by atoms with Crippen molar-refractivity contribution in [1.82, 2.24) is 9.13 Å². The van der Waals surface area contributed by atoms with Crippen molar-refractivity contribution in [3.8, 4) is 11.1 Å². The SMILES string of the molecule is CCCc1c(C(F)F)n(CCc2ccccc2)c(=O)n1Cc1ccc(-c2ccccc2C(=O)O)cc1. The fourth-order valence-corrected chi connectivity index (χ4v) is 4.56. The maximum atomic E-state index is 14.2. The lowest BCUT2D eigenvalue weighted by Gasteiger charge is -2.11. The number of nitrogens with zero attached hydrogens (tertiary/aromatic N) is 2. The van der Waals surface area contributed by atoms with Gasteiger partial charge < -0.3 is 5.11 Å². The molecule has 0 bridgehead atoms. The van der Waals surface area contributed by atoms with E-state index in [0.717, 1.165) is 16.7 Å². The number of benzene rings is 3. The largest absolute Gasteiger partial charge is 0.478 e. The highest BCUT2D eigenvalue weighted by Crippen LogP contribution is 2.27. The molecule has 0 unspecified atom stereocenters. The van der Waals surface area contributed by atoms with Crippen LogP contribution in [-0.2, 0) is 25.9 Å². The van der Waals surface area contributed by atoms with Gasteiger partial charge in [-0.15, -0.1) is 0 Å². The number of hydrogen-bond donors (Lipinski definition) is 1. The Hall–Kier alpha value is -4.00. The number of aryl methyl sites for hydroxylation is 1. The summed E-state index contributed by atoms with van der Waals surface area (Å²) in [6.07, 6.45) is -1.27. The molecule has 0 aliphatic rings. The molecular weight excluding hydrogens is 462 g/mol. The molecule has 3 aromatic carbocycles. The third-order valence-corrected chi connectivity index (χ3v) is 6.30. The lowest BCUT2D eigenvalue weighted by Crippen LogP contribution is -2.27. The lowest BCUT2D eigenvalue weighted by atomic mass is 9.99. The van der Waals surface area contributed by atoms with Gasteiger partial charge in [-0.05, 0) is 41.2 Å². The van der Waals surface area contributed by atoms with E-state index in [2.05, 4.69) is 0 Å². The summed E-state index contributed by atoms with van der Waals surface area (Å²) in [7, 11) is 0. The average Bonchev–Trinajstić information content (AvgIpc) is 3.14. The maximum absolute atomic E-state index is 14.2. The van der Waals surface area contributed by atoms with Crippen LogP contribution in [0.5, 0.6) is 0 Å². The Bertz CT molecular complexity index is 1390. The van der Waals surface area contributed by atoms with E-state index in [1.54, 1.807) is 48.5 Å². The summed E-state index contributed by atoms with van der Waals surface area (Å²) in [5, 5.41) is 9.48. The second kappa shape index (κ2) is 11.2. The molecule has 1 N–H and O–H groups in total. The quantitative estimate of drug-likeness (QED) is 0.288. The highest BCUT2D eigenvalue weighted by Gasteiger charge is 2.25. The molecule has 4 rings (SSSR count). The topological polar surface area (TPSA) is 64.2 Å². The summed E-state index contributed by atoms with van der Waals surface area (Å²) in [6, 6.07) is 23.4. The molecule has 0 amide bonds. The van der Waals surface area contributed by atoms with Crippen LogP contribution in [-0.4, -0.2) is 20.2 Å². The van der Waals surface area contributed by atoms with Gasteiger partial charge in [0.05, 0.1) is 12.1 Å². The first-order chi connectivity index (χ1) is 17.4. The fourth-order valence-electron chi connectivity index (χ4n) is 4.56. The Kier molecular flexibility index (Phi) is 7.78. The van der Waals surface area contributed by atoms with Gasteiger partial charge in [-0.2, -0.15) is 0 Å². The van der Waals surface area contributed by atoms with Crippen molar-refractivity contribution >= 4 is 5.97 Å². The first-order valence-corrected chi connectivity index (χ1v) is 12.0. The number of imidazole rings is 1. The maximum Gasteiger partial charge on any atom is 0.336 e. The zero-order valence-corrected chi connectivity index (χ0v) is 20.0. The number of halogens is 2. The Morgan fingerprint density at radius 1 is 0.861 bits per heavy atom. The zero-order chi connectivity index (χ0) is 25.7. The third kappa shape index (κ3) is 5.30. The van der Waals surface area contributed by atoms with Crippen molar-refractivity contribution in [1.29, 1.82) is 0 Å². The first kappa shape index (κ1) is 25.1. The molecule has 0 aliphatic carbocycles. The van der Waals surface area contributed by atoms with Crippen molar-refractivity contribution in [3.05, 3.63) is 117 Å². The third-order valence-electron chi connectivity index (χ3n) is 6.30. The smallest absolute Gasteiger partial charge is 0.336 e. The van der Waals surface area contributed by atoms with Gasteiger partial charge in [-0.3, -0.25) is 9.13 Å². The van der Waals surface area contributed by atoms with E-state index in [1.807, 2.05) is 37.3 Å². The molecule has 1 aromatic heterocycles. The first-order valence-electron chi connectivity index (χ1n) is 12.0. The van der Waals surface area contributed by atoms with Crippen molar-refractivity contribution in [2.75, 3.05) is 0 Å². The predicted octanol–water partition coefficient (Wildman–Crippen LogP) is 6.20. The molecule has 0 saturated heterocycles. The number of alkyl halides is 2. The van der Waals surface area contributed by atoms with Crippen molar-refractivity contribution in [3.63, 3.8) is 0 Å². The Labute approximate surface area is 208 Å². The van der Waals surface area contributed by atoms with Crippen LogP contribution >= 0.6 is 0 Å². The van der Waals surface area contributed by atoms with Crippen LogP contribution in [0.15, 0.2) is 83.7 Å². The number of aromatic carboxylic acids is 1. The molecule has 0 atom stereocenters. The summed E-state index contributed by atoms with van der Waals surface area (Å²) in [4.78, 5) is 24.9. The minimum Gasteiger partial charge on any atom is -0.478 e. The minimum atomic E-state index is -2.76. The predicted molar refractivity (Wildman–Crippen MR) is 136 cm³/mol. The monoisotopic (exact) mass is 490 g/mol. The Morgan fingerprint density at radius 2 is 1.53 bits per heavy atom. The molecule has 0 spiro atoms. The average molecular weight is 491 g/mol. The van der Waals surface area contributed by atoms with Crippen LogP contribution < -0.4 is 5.69 Å². The van der Waals surface area contributed by atoms with E-state index in [1.165, 1.54) is 9.13 Å². The van der Waals surface area contributed by atoms with Gasteiger partial charge in [0, 0.05) is 12.2 Å². The summed E-state index contributed by atoms with van der Waals surface area (Å²) < 4.78 is 31.1. The summed E-state index contributed by atoms with van der Waals surface area (Å²) >= 11 is 0. The highest BCUT2D eigenvalue weighted by molar-refractivity contribution is 5.95. The molecule has 0 fully saturated rings. The number of rotatable bonds is 10. The van der Waals surface area contributed by atoms with Gasteiger partial charge in [-0.1, -0.05) is 86.1 Å². The molecule has 7 heteroatoms. The standard InChI is InChI=1S/C29H28F2N2O3/c1-2-8-25-26(27(30)31)32(18-17-20-9-4-3-5-10-20)29(36)33(25)19-21-13-15-22(16-14-21)23-11-6-7-12-24(23)28(34)35/h3-7,9-16,27H,2,8,17-19H2,1H3,(H,34,35). The second-order valence-electron chi connectivity index (χ2n) is 8.69. The molecule has 1 heterocycles. The van der Waals surface area contributed by atoms with Gasteiger partial charge in [0.2, 0.25) is 0 Å². The summed E-state index contributed by atoms with van der Waals surface area (Å²) in [5.41, 5.74) is 2.99. The summed E-state index contributed by atoms with van der Waals surface area (Å²) in [6.45, 7) is 2.24. The van der Waals surface area contributed by atoms with Crippen molar-refractivity contribution in [2.24, 2.45) is 0 Å². The highest BCUT2D eigenvalue weighted by atomic mass is 19.3. The van der Waals surface area contributed by atoms with Gasteiger partial charge in [0.25, 0.3) is 6.43 Å². The number of carboxylic acid groups (broad SMARTS) is 1. The Morgan fingerprint density at radius 3 is 2.17 bits per heavy atom. The zero-order valence-electron chi connectivity index (χ0n) is 20.0. The van der Waals surface area contributed by atoms with Gasteiger partial charge in [-0.25, -0.2) is 18.4 Å². The molecule has 186 valence electrons. The minimum absolute atomic E-state index is 0.160. The van der Waals surface area contributed by atoms with Crippen LogP contribution in [0.2, 0.25) is 0 Å². The number of carbonyl (C=O) groups is 1. The van der Waals surface area contributed by atoms with Crippen LogP contribution in [0.25, 0.3) is 11.1 Å². The van der Waals surface area contributed by atoms with Crippen molar-refractivity contribution in [2.45, 2.75) is 45.7 Å². The van der Waals surface area contributed by atoms with E-state index in [0.29, 0.717) is 30.5 Å². The van der Waals surface area contributed by atoms with Gasteiger partial charge in [0.15, 0.2) is 0 Å². The molecule has 0 radical (unpaired) electrons. The second-order valence-corrected chi connectivity index (χ2v) is 8.69. The fraction of sp³-hybridized carbons (Fsp3) is 0.241. The summed E-state index contributed by atoms with van der Waals surface area (Å²) in [5.74, 6) is -1.01. The van der Waals surface area contributed by atoms with Gasteiger partial charge in [0.1, 0.15) is 5.69 Å². The number of carboxylic acids is 1. The number of aromatic nitrogens is 2. The van der Waals surface area contributed by atoms with Crippen LogP contribution in [0, 0.1) is 0 Å². The van der Waals surface area contributed by atoms with Crippen LogP contribution in [0.1, 0.15) is 52.6 Å². The normalized spacial score (nSPS) is 11.2. The molecular formula is C29H28F2N2O3. The molecule has 0 saturated carbocycles. The lowest BCUT2D eigenvalue weighted by molar-refractivity contribution is 0.0697. The van der Waals surface area contributed by atoms with E-state index in [9.17, 15) is 23.5 Å². The molecule has 5 nitrogen and oxygen atoms in total. The van der Waals surface area contributed by atoms with Gasteiger partial charge >= 0.3 is 11.7 Å².